The minimum Gasteiger partial charge on any atom is -0.143 e. The zero-order chi connectivity index (χ0) is 10.8. The predicted molar refractivity (Wildman–Crippen MR) is 68.9 cm³/mol. The molecule has 2 heteroatoms. The van der Waals surface area contributed by atoms with Gasteiger partial charge in [-0.15, -0.1) is 12.6 Å². The van der Waals surface area contributed by atoms with Crippen molar-refractivity contribution in [1.82, 2.24) is 0 Å². The maximum absolute atomic E-state index is 5.85. The fourth-order valence-electron chi connectivity index (χ4n) is 1.57. The summed E-state index contributed by atoms with van der Waals surface area (Å²) in [5.41, 5.74) is 3.56. The quantitative estimate of drug-likeness (QED) is 0.685. The van der Waals surface area contributed by atoms with Crippen molar-refractivity contribution in [3.63, 3.8) is 0 Å². The van der Waals surface area contributed by atoms with Crippen molar-refractivity contribution < 1.29 is 0 Å². The average Bonchev–Trinajstić information content (AvgIpc) is 2.17. The lowest BCUT2D eigenvalue weighted by atomic mass is 10.0. The van der Waals surface area contributed by atoms with Crippen molar-refractivity contribution in [2.75, 3.05) is 0 Å². The minimum atomic E-state index is 0.762. The summed E-state index contributed by atoms with van der Waals surface area (Å²) < 4.78 is 0. The van der Waals surface area contributed by atoms with E-state index in [1.165, 1.54) is 16.7 Å². The van der Waals surface area contributed by atoms with Gasteiger partial charge in [-0.25, -0.2) is 0 Å². The molecule has 0 amide bonds. The van der Waals surface area contributed by atoms with Crippen LogP contribution in [0.4, 0.5) is 0 Å². The van der Waals surface area contributed by atoms with Crippen LogP contribution in [-0.2, 0) is 0 Å². The maximum atomic E-state index is 5.85. The Bertz CT molecular complexity index is 454. The summed E-state index contributed by atoms with van der Waals surface area (Å²) in [7, 11) is 0. The van der Waals surface area contributed by atoms with Crippen LogP contribution in [0, 0.1) is 6.92 Å². The zero-order valence-corrected chi connectivity index (χ0v) is 10.0. The normalized spacial score (nSPS) is 10.3. The van der Waals surface area contributed by atoms with Crippen LogP contribution in [0.1, 0.15) is 5.56 Å². The molecule has 0 N–H and O–H groups in total. The summed E-state index contributed by atoms with van der Waals surface area (Å²) >= 11 is 10.2. The van der Waals surface area contributed by atoms with Gasteiger partial charge in [0.15, 0.2) is 0 Å². The molecule has 0 atom stereocenters. The van der Waals surface area contributed by atoms with Crippen LogP contribution in [0.5, 0.6) is 0 Å². The lowest BCUT2D eigenvalue weighted by Crippen LogP contribution is -1.80. The Labute approximate surface area is 100 Å². The third-order valence-corrected chi connectivity index (χ3v) is 2.75. The molecule has 0 heterocycles. The summed E-state index contributed by atoms with van der Waals surface area (Å²) in [5.74, 6) is 0. The highest BCUT2D eigenvalue weighted by atomic mass is 35.5. The van der Waals surface area contributed by atoms with Gasteiger partial charge in [0.05, 0.1) is 0 Å². The fraction of sp³-hybridized carbons (Fsp3) is 0.0769. The van der Waals surface area contributed by atoms with Gasteiger partial charge in [-0.1, -0.05) is 29.8 Å². The van der Waals surface area contributed by atoms with Crippen LogP contribution in [-0.4, -0.2) is 0 Å². The summed E-state index contributed by atoms with van der Waals surface area (Å²) in [4.78, 5) is 0.986. The molecule has 0 saturated carbocycles. The van der Waals surface area contributed by atoms with Gasteiger partial charge in [-0.3, -0.25) is 0 Å². The van der Waals surface area contributed by atoms with Gasteiger partial charge in [-0.05, 0) is 47.9 Å². The second-order valence-electron chi connectivity index (χ2n) is 3.56. The van der Waals surface area contributed by atoms with E-state index >= 15 is 0 Å². The van der Waals surface area contributed by atoms with E-state index in [1.807, 2.05) is 30.3 Å². The predicted octanol–water partition coefficient (Wildman–Crippen LogP) is 4.60. The molecular weight excluding hydrogens is 224 g/mol. The van der Waals surface area contributed by atoms with Crippen LogP contribution in [0.2, 0.25) is 5.02 Å². The molecule has 15 heavy (non-hydrogen) atoms. The van der Waals surface area contributed by atoms with E-state index in [4.69, 9.17) is 11.6 Å². The molecular formula is C13H11ClS. The summed E-state index contributed by atoms with van der Waals surface area (Å²) in [6, 6.07) is 14.1. The van der Waals surface area contributed by atoms with E-state index in [0.717, 1.165) is 9.92 Å². The average molecular weight is 235 g/mol. The number of benzene rings is 2. The van der Waals surface area contributed by atoms with Crippen molar-refractivity contribution in [1.29, 1.82) is 0 Å². The van der Waals surface area contributed by atoms with Crippen LogP contribution in [0.3, 0.4) is 0 Å². The molecule has 0 saturated heterocycles. The number of rotatable bonds is 1. The van der Waals surface area contributed by atoms with Gasteiger partial charge in [0.1, 0.15) is 0 Å². The van der Waals surface area contributed by atoms with Gasteiger partial charge in [0.25, 0.3) is 0 Å². The number of thiol groups is 1. The van der Waals surface area contributed by atoms with Crippen LogP contribution < -0.4 is 0 Å². The zero-order valence-electron chi connectivity index (χ0n) is 8.37. The molecule has 2 aromatic carbocycles. The first-order chi connectivity index (χ1) is 7.15. The first-order valence-electron chi connectivity index (χ1n) is 4.72. The highest BCUT2D eigenvalue weighted by Crippen LogP contribution is 2.25. The van der Waals surface area contributed by atoms with E-state index in [0.29, 0.717) is 0 Å². The molecule has 2 rings (SSSR count). The van der Waals surface area contributed by atoms with E-state index in [-0.39, 0.29) is 0 Å². The molecule has 0 radical (unpaired) electrons. The lowest BCUT2D eigenvalue weighted by Gasteiger charge is -2.04. The molecule has 0 unspecified atom stereocenters. The first kappa shape index (κ1) is 10.6. The molecule has 2 aromatic rings. The number of hydrogen-bond donors (Lipinski definition) is 1. The summed E-state index contributed by atoms with van der Waals surface area (Å²) in [6.45, 7) is 2.07. The van der Waals surface area contributed by atoms with Crippen molar-refractivity contribution in [2.24, 2.45) is 0 Å². The third kappa shape index (κ3) is 2.55. The molecule has 0 bridgehead atoms. The van der Waals surface area contributed by atoms with Gasteiger partial charge >= 0.3 is 0 Å². The Morgan fingerprint density at radius 2 is 1.60 bits per heavy atom. The Morgan fingerprint density at radius 3 is 2.20 bits per heavy atom. The second kappa shape index (κ2) is 4.30. The minimum absolute atomic E-state index is 0.762. The van der Waals surface area contributed by atoms with Crippen LogP contribution in [0.25, 0.3) is 11.1 Å². The smallest absolute Gasteiger partial charge is 0.0406 e. The number of aryl methyl sites for hydroxylation is 1. The Hall–Kier alpha value is -0.920. The number of halogens is 1. The van der Waals surface area contributed by atoms with Crippen molar-refractivity contribution in [2.45, 2.75) is 11.8 Å². The summed E-state index contributed by atoms with van der Waals surface area (Å²) in [5, 5.41) is 0.762. The molecule has 0 aliphatic heterocycles. The summed E-state index contributed by atoms with van der Waals surface area (Å²) in [6.07, 6.45) is 0. The van der Waals surface area contributed by atoms with Gasteiger partial charge in [0, 0.05) is 9.92 Å². The van der Waals surface area contributed by atoms with E-state index in [2.05, 4.69) is 31.7 Å². The molecule has 0 aromatic heterocycles. The Morgan fingerprint density at radius 1 is 0.933 bits per heavy atom. The molecule has 0 nitrogen and oxygen atoms in total. The van der Waals surface area contributed by atoms with Crippen molar-refractivity contribution in [3.05, 3.63) is 53.1 Å². The third-order valence-electron chi connectivity index (χ3n) is 2.24. The van der Waals surface area contributed by atoms with Crippen molar-refractivity contribution >= 4 is 24.2 Å². The largest absolute Gasteiger partial charge is 0.143 e. The van der Waals surface area contributed by atoms with Crippen LogP contribution in [0.15, 0.2) is 47.4 Å². The molecule has 0 aliphatic rings. The first-order valence-corrected chi connectivity index (χ1v) is 5.54. The highest BCUT2D eigenvalue weighted by molar-refractivity contribution is 7.80. The standard InChI is InChI=1S/C13H11ClS/c1-9-6-11(8-13(15)7-9)10-2-4-12(14)5-3-10/h2-8,15H,1H3. The number of hydrogen-bond acceptors (Lipinski definition) is 1. The van der Waals surface area contributed by atoms with E-state index < -0.39 is 0 Å². The van der Waals surface area contributed by atoms with Gasteiger partial charge in [-0.2, -0.15) is 0 Å². The van der Waals surface area contributed by atoms with E-state index in [9.17, 15) is 0 Å². The molecule has 0 fully saturated rings. The fourth-order valence-corrected chi connectivity index (χ4v) is 2.04. The maximum Gasteiger partial charge on any atom is 0.0406 e. The van der Waals surface area contributed by atoms with E-state index in [1.54, 1.807) is 0 Å². The van der Waals surface area contributed by atoms with Gasteiger partial charge < -0.3 is 0 Å². The van der Waals surface area contributed by atoms with Gasteiger partial charge in [0.2, 0.25) is 0 Å². The van der Waals surface area contributed by atoms with Crippen LogP contribution >= 0.6 is 24.2 Å². The monoisotopic (exact) mass is 234 g/mol. The molecule has 76 valence electrons. The molecule has 0 spiro atoms. The lowest BCUT2D eigenvalue weighted by molar-refractivity contribution is 1.37. The topological polar surface area (TPSA) is 0 Å². The Balaban J connectivity index is 2.49. The van der Waals surface area contributed by atoms with Crippen molar-refractivity contribution in [3.8, 4) is 11.1 Å². The SMILES string of the molecule is Cc1cc(S)cc(-c2ccc(Cl)cc2)c1. The Kier molecular flexibility index (Phi) is 3.03. The highest BCUT2D eigenvalue weighted by Gasteiger charge is 1.99. The molecule has 0 aliphatic carbocycles. The second-order valence-corrected chi connectivity index (χ2v) is 4.52.